The minimum atomic E-state index is 0.578. The zero-order chi connectivity index (χ0) is 11.8. The zero-order valence-electron chi connectivity index (χ0n) is 9.65. The van der Waals surface area contributed by atoms with Gasteiger partial charge < -0.3 is 0 Å². The molecule has 0 spiro atoms. The Balaban J connectivity index is 1.80. The van der Waals surface area contributed by atoms with Gasteiger partial charge in [0.2, 0.25) is 0 Å². The normalized spacial score (nSPS) is 32.2. The molecule has 92 valence electrons. The van der Waals surface area contributed by atoms with Crippen LogP contribution in [0.2, 0.25) is 5.15 Å². The maximum absolute atomic E-state index is 5.88. The summed E-state index contributed by atoms with van der Waals surface area (Å²) in [5, 5.41) is 0.578. The summed E-state index contributed by atoms with van der Waals surface area (Å²) >= 11 is 11.7. The van der Waals surface area contributed by atoms with Gasteiger partial charge in [-0.05, 0) is 30.9 Å². The molecule has 2 nitrogen and oxygen atoms in total. The van der Waals surface area contributed by atoms with Gasteiger partial charge in [-0.1, -0.05) is 17.7 Å². The largest absolute Gasteiger partial charge is 0.296 e. The quantitative estimate of drug-likeness (QED) is 0.619. The van der Waals surface area contributed by atoms with Crippen LogP contribution < -0.4 is 0 Å². The third kappa shape index (κ3) is 2.07. The summed E-state index contributed by atoms with van der Waals surface area (Å²) in [6, 6.07) is 5.43. The van der Waals surface area contributed by atoms with Gasteiger partial charge in [-0.2, -0.15) is 0 Å². The molecule has 2 bridgehead atoms. The van der Waals surface area contributed by atoms with Crippen molar-refractivity contribution in [1.82, 2.24) is 9.88 Å². The minimum Gasteiger partial charge on any atom is -0.296 e. The molecule has 1 aromatic rings. The Morgan fingerprint density at radius 3 is 2.94 bits per heavy atom. The van der Waals surface area contributed by atoms with E-state index in [-0.39, 0.29) is 0 Å². The number of pyridine rings is 1. The van der Waals surface area contributed by atoms with Crippen LogP contribution in [0.3, 0.4) is 0 Å². The maximum Gasteiger partial charge on any atom is 0.129 e. The molecule has 2 saturated heterocycles. The lowest BCUT2D eigenvalue weighted by atomic mass is 9.85. The first-order valence-corrected chi connectivity index (χ1v) is 7.14. The zero-order valence-corrected chi connectivity index (χ0v) is 11.2. The smallest absolute Gasteiger partial charge is 0.129 e. The average molecular weight is 271 g/mol. The Hall–Kier alpha value is -0.310. The molecule has 0 N–H and O–H groups in total. The highest BCUT2D eigenvalue weighted by Crippen LogP contribution is 2.46. The Labute approximate surface area is 112 Å². The van der Waals surface area contributed by atoms with Crippen molar-refractivity contribution < 1.29 is 0 Å². The van der Waals surface area contributed by atoms with E-state index in [1.807, 2.05) is 12.3 Å². The van der Waals surface area contributed by atoms with E-state index in [0.29, 0.717) is 17.1 Å². The SMILES string of the molecule is ClCCN1C2CCC1C(c1ccc(Cl)nc1)C2. The molecule has 0 aliphatic carbocycles. The predicted molar refractivity (Wildman–Crippen MR) is 70.8 cm³/mol. The minimum absolute atomic E-state index is 0.578. The first-order chi connectivity index (χ1) is 8.29. The Morgan fingerprint density at radius 2 is 2.24 bits per heavy atom. The van der Waals surface area contributed by atoms with E-state index in [9.17, 15) is 0 Å². The number of halogens is 2. The van der Waals surface area contributed by atoms with Crippen molar-refractivity contribution in [3.8, 4) is 0 Å². The van der Waals surface area contributed by atoms with Gasteiger partial charge >= 0.3 is 0 Å². The Bertz CT molecular complexity index is 393. The predicted octanol–water partition coefficient (Wildman–Crippen LogP) is 3.29. The first kappa shape index (κ1) is 11.8. The molecule has 1 aromatic heterocycles. The van der Waals surface area contributed by atoms with Gasteiger partial charge in [0, 0.05) is 36.6 Å². The van der Waals surface area contributed by atoms with Gasteiger partial charge in [0.05, 0.1) is 0 Å². The van der Waals surface area contributed by atoms with Crippen molar-refractivity contribution >= 4 is 23.2 Å². The molecular formula is C13H16Cl2N2. The molecule has 2 fully saturated rings. The molecule has 3 rings (SSSR count). The van der Waals surface area contributed by atoms with Crippen molar-refractivity contribution in [2.24, 2.45) is 0 Å². The second-order valence-corrected chi connectivity index (χ2v) is 5.75. The number of fused-ring (bicyclic) bond motifs is 2. The summed E-state index contributed by atoms with van der Waals surface area (Å²) < 4.78 is 0. The summed E-state index contributed by atoms with van der Waals surface area (Å²) in [6.07, 6.45) is 5.82. The fraction of sp³-hybridized carbons (Fsp3) is 0.615. The van der Waals surface area contributed by atoms with Crippen molar-refractivity contribution in [2.45, 2.75) is 37.3 Å². The monoisotopic (exact) mass is 270 g/mol. The van der Waals surface area contributed by atoms with E-state index < -0.39 is 0 Å². The highest BCUT2D eigenvalue weighted by atomic mass is 35.5. The number of rotatable bonds is 3. The number of aromatic nitrogens is 1. The molecule has 0 saturated carbocycles. The first-order valence-electron chi connectivity index (χ1n) is 6.23. The van der Waals surface area contributed by atoms with Gasteiger partial charge in [-0.25, -0.2) is 4.98 Å². The van der Waals surface area contributed by atoms with Crippen LogP contribution in [0.1, 0.15) is 30.7 Å². The molecule has 4 heteroatoms. The summed E-state index contributed by atoms with van der Waals surface area (Å²) in [4.78, 5) is 6.79. The Kier molecular flexibility index (Phi) is 3.29. The van der Waals surface area contributed by atoms with Crippen LogP contribution in [0, 0.1) is 0 Å². The number of hydrogen-bond acceptors (Lipinski definition) is 2. The van der Waals surface area contributed by atoms with E-state index in [1.165, 1.54) is 24.8 Å². The molecule has 2 aliphatic heterocycles. The average Bonchev–Trinajstić information content (AvgIpc) is 2.88. The van der Waals surface area contributed by atoms with E-state index in [2.05, 4.69) is 16.0 Å². The molecule has 17 heavy (non-hydrogen) atoms. The third-order valence-electron chi connectivity index (χ3n) is 4.20. The van der Waals surface area contributed by atoms with Crippen LogP contribution in [-0.2, 0) is 0 Å². The highest BCUT2D eigenvalue weighted by molar-refractivity contribution is 6.29. The van der Waals surface area contributed by atoms with Gasteiger partial charge in [-0.15, -0.1) is 11.6 Å². The van der Waals surface area contributed by atoms with E-state index in [4.69, 9.17) is 23.2 Å². The van der Waals surface area contributed by atoms with Crippen molar-refractivity contribution in [1.29, 1.82) is 0 Å². The lowest BCUT2D eigenvalue weighted by Crippen LogP contribution is -2.31. The molecular weight excluding hydrogens is 255 g/mol. The van der Waals surface area contributed by atoms with Gasteiger partial charge in [-0.3, -0.25) is 4.90 Å². The number of nitrogens with zero attached hydrogens (tertiary/aromatic N) is 2. The highest BCUT2D eigenvalue weighted by Gasteiger charge is 2.46. The molecule has 0 amide bonds. The van der Waals surface area contributed by atoms with Gasteiger partial charge in [0.25, 0.3) is 0 Å². The van der Waals surface area contributed by atoms with Crippen LogP contribution in [0.4, 0.5) is 0 Å². The second kappa shape index (κ2) is 4.75. The molecule has 0 radical (unpaired) electrons. The maximum atomic E-state index is 5.88. The van der Waals surface area contributed by atoms with Crippen LogP contribution in [-0.4, -0.2) is 34.4 Å². The molecule has 2 aliphatic rings. The van der Waals surface area contributed by atoms with E-state index in [0.717, 1.165) is 18.5 Å². The fourth-order valence-corrected chi connectivity index (χ4v) is 3.82. The second-order valence-electron chi connectivity index (χ2n) is 4.98. The van der Waals surface area contributed by atoms with E-state index >= 15 is 0 Å². The molecule has 3 heterocycles. The molecule has 0 aromatic carbocycles. The molecule has 3 atom stereocenters. The van der Waals surface area contributed by atoms with Crippen LogP contribution in [0.25, 0.3) is 0 Å². The fourth-order valence-electron chi connectivity index (χ4n) is 3.51. The van der Waals surface area contributed by atoms with Gasteiger partial charge in [0.1, 0.15) is 5.15 Å². The lowest BCUT2D eigenvalue weighted by molar-refractivity contribution is 0.263. The topological polar surface area (TPSA) is 16.1 Å². The van der Waals surface area contributed by atoms with Crippen LogP contribution in [0.15, 0.2) is 18.3 Å². The summed E-state index contributed by atoms with van der Waals surface area (Å²) in [5.41, 5.74) is 1.33. The lowest BCUT2D eigenvalue weighted by Gasteiger charge is -2.23. The van der Waals surface area contributed by atoms with Gasteiger partial charge in [0.15, 0.2) is 0 Å². The molecule has 3 unspecified atom stereocenters. The van der Waals surface area contributed by atoms with E-state index in [1.54, 1.807) is 0 Å². The Morgan fingerprint density at radius 1 is 1.35 bits per heavy atom. The van der Waals surface area contributed by atoms with Crippen LogP contribution in [0.5, 0.6) is 0 Å². The standard InChI is InChI=1S/C13H16Cl2N2/c14-5-6-17-10-2-3-12(17)11(7-10)9-1-4-13(15)16-8-9/h1,4,8,10-12H,2-3,5-7H2. The summed E-state index contributed by atoms with van der Waals surface area (Å²) in [7, 11) is 0. The van der Waals surface area contributed by atoms with Crippen molar-refractivity contribution in [2.75, 3.05) is 12.4 Å². The van der Waals surface area contributed by atoms with Crippen molar-refractivity contribution in [3.63, 3.8) is 0 Å². The number of alkyl halides is 1. The van der Waals surface area contributed by atoms with Crippen LogP contribution >= 0.6 is 23.2 Å². The summed E-state index contributed by atoms with van der Waals surface area (Å²) in [6.45, 7) is 1.02. The third-order valence-corrected chi connectivity index (χ3v) is 4.59. The number of hydrogen-bond donors (Lipinski definition) is 0. The summed E-state index contributed by atoms with van der Waals surface area (Å²) in [5.74, 6) is 1.36. The van der Waals surface area contributed by atoms with Crippen molar-refractivity contribution in [3.05, 3.63) is 29.0 Å².